The van der Waals surface area contributed by atoms with E-state index in [1.165, 1.54) is 6.07 Å². The van der Waals surface area contributed by atoms with Gasteiger partial charge in [0.15, 0.2) is 0 Å². The van der Waals surface area contributed by atoms with E-state index in [-0.39, 0.29) is 0 Å². The van der Waals surface area contributed by atoms with E-state index in [4.69, 9.17) is 0 Å². The highest BCUT2D eigenvalue weighted by Gasteiger charge is 2.01. The Labute approximate surface area is 83.8 Å². The molecule has 2 aromatic rings. The summed E-state index contributed by atoms with van der Waals surface area (Å²) in [7, 11) is 0. The molecule has 1 aromatic carbocycles. The summed E-state index contributed by atoms with van der Waals surface area (Å²) in [6, 6.07) is 9.67. The minimum Gasteiger partial charge on any atom is -0.373 e. The van der Waals surface area contributed by atoms with Crippen LogP contribution >= 0.6 is 0 Å². The van der Waals surface area contributed by atoms with Crippen LogP contribution in [0.15, 0.2) is 41.2 Å². The fourth-order valence-electron chi connectivity index (χ4n) is 1.34. The summed E-state index contributed by atoms with van der Waals surface area (Å²) in [5.74, 6) is 0. The van der Waals surface area contributed by atoms with Gasteiger partial charge in [0.1, 0.15) is 5.52 Å². The number of nitro groups is 1. The number of hydrogen-bond donors (Lipinski definition) is 0. The van der Waals surface area contributed by atoms with Crippen LogP contribution in [0.25, 0.3) is 16.4 Å². The van der Waals surface area contributed by atoms with Crippen molar-refractivity contribution in [3.05, 3.63) is 62.4 Å². The van der Waals surface area contributed by atoms with Crippen molar-refractivity contribution in [3.63, 3.8) is 0 Å². The van der Waals surface area contributed by atoms with Crippen molar-refractivity contribution in [1.29, 1.82) is 0 Å². The Kier molecular flexibility index (Phi) is 2.09. The molecule has 0 aliphatic rings. The molecule has 0 radical (unpaired) electrons. The van der Waals surface area contributed by atoms with E-state index in [1.54, 1.807) is 30.3 Å². The van der Waals surface area contributed by atoms with Crippen LogP contribution in [0.5, 0.6) is 0 Å². The monoisotopic (exact) mass is 204 g/mol. The average Bonchev–Trinajstić information content (AvgIpc) is 2.22. The van der Waals surface area contributed by atoms with E-state index >= 15 is 0 Å². The molecule has 6 heteroatoms. The van der Waals surface area contributed by atoms with Gasteiger partial charge in [-0.05, 0) is 12.1 Å². The van der Waals surface area contributed by atoms with Crippen LogP contribution in [0.4, 0.5) is 0 Å². The van der Waals surface area contributed by atoms with Gasteiger partial charge in [-0.3, -0.25) is 5.53 Å². The standard InChI is InChI=1S/C9H6N3O3/c13-9-6-5-7-3-1-2-4-8(7)11(9)10-12(14)15/h1-6H/q-1. The molecule has 1 aromatic heterocycles. The third kappa shape index (κ3) is 1.64. The van der Waals surface area contributed by atoms with Crippen molar-refractivity contribution >= 4 is 10.9 Å². The lowest BCUT2D eigenvalue weighted by molar-refractivity contribution is -0.432. The van der Waals surface area contributed by atoms with Gasteiger partial charge in [-0.2, -0.15) is 0 Å². The molecule has 0 fully saturated rings. The second kappa shape index (κ2) is 3.41. The van der Waals surface area contributed by atoms with Crippen molar-refractivity contribution in [2.24, 2.45) is 0 Å². The van der Waals surface area contributed by atoms with E-state index in [2.05, 4.69) is 5.53 Å². The summed E-state index contributed by atoms with van der Waals surface area (Å²) in [5, 5.41) is 10.1. The van der Waals surface area contributed by atoms with Crippen molar-refractivity contribution in [1.82, 2.24) is 4.68 Å². The highest BCUT2D eigenvalue weighted by atomic mass is 16.7. The van der Waals surface area contributed by atoms with Gasteiger partial charge in [-0.15, -0.1) is 5.03 Å². The highest BCUT2D eigenvalue weighted by molar-refractivity contribution is 5.79. The Morgan fingerprint density at radius 1 is 1.20 bits per heavy atom. The molecule has 0 unspecified atom stereocenters. The lowest BCUT2D eigenvalue weighted by Crippen LogP contribution is -2.18. The molecule has 1 heterocycles. The van der Waals surface area contributed by atoms with E-state index in [0.717, 1.165) is 10.1 Å². The number of fused-ring (bicyclic) bond motifs is 1. The number of hydrogen-bond acceptors (Lipinski definition) is 3. The molecule has 0 saturated carbocycles. The minimum absolute atomic E-state index is 0.418. The largest absolute Gasteiger partial charge is 0.373 e. The molecule has 0 aliphatic heterocycles. The van der Waals surface area contributed by atoms with E-state index < -0.39 is 10.6 Å². The molecule has 0 saturated heterocycles. The van der Waals surface area contributed by atoms with Gasteiger partial charge in [0, 0.05) is 11.5 Å². The normalized spacial score (nSPS) is 10.1. The molecule has 0 spiro atoms. The van der Waals surface area contributed by atoms with Crippen molar-refractivity contribution in [2.45, 2.75) is 0 Å². The first-order valence-corrected chi connectivity index (χ1v) is 4.15. The summed E-state index contributed by atoms with van der Waals surface area (Å²) in [4.78, 5) is 21.6. The number of aromatic nitrogens is 1. The van der Waals surface area contributed by atoms with E-state index in [9.17, 15) is 14.9 Å². The summed E-state index contributed by atoms with van der Waals surface area (Å²) in [5.41, 5.74) is 2.91. The van der Waals surface area contributed by atoms with Crippen LogP contribution in [0.1, 0.15) is 0 Å². The maximum Gasteiger partial charge on any atom is 0.324 e. The Morgan fingerprint density at radius 3 is 2.67 bits per heavy atom. The molecule has 0 N–H and O–H groups in total. The lowest BCUT2D eigenvalue weighted by atomic mass is 10.2. The molecule has 0 aliphatic carbocycles. The highest BCUT2D eigenvalue weighted by Crippen LogP contribution is 2.12. The maximum atomic E-state index is 11.3. The third-order valence-corrected chi connectivity index (χ3v) is 1.94. The maximum absolute atomic E-state index is 11.3. The molecule has 0 atom stereocenters. The van der Waals surface area contributed by atoms with Gasteiger partial charge >= 0.3 is 5.56 Å². The molecule has 0 amide bonds. The van der Waals surface area contributed by atoms with Gasteiger partial charge in [0.05, 0.1) is 0 Å². The van der Waals surface area contributed by atoms with E-state index in [0.29, 0.717) is 5.52 Å². The summed E-state index contributed by atoms with van der Waals surface area (Å²) >= 11 is 0. The molecule has 2 rings (SSSR count). The van der Waals surface area contributed by atoms with Gasteiger partial charge in [0.25, 0.3) is 0 Å². The topological polar surface area (TPSA) is 79.2 Å². The molecular formula is C9H6N3O3-. The van der Waals surface area contributed by atoms with Crippen LogP contribution in [0.2, 0.25) is 0 Å². The first-order chi connectivity index (χ1) is 7.18. The molecule has 15 heavy (non-hydrogen) atoms. The zero-order chi connectivity index (χ0) is 10.8. The Bertz CT molecular complexity index is 576. The second-order valence-electron chi connectivity index (χ2n) is 2.87. The Hall–Kier alpha value is -2.37. The Balaban J connectivity index is 2.74. The number of pyridine rings is 1. The fraction of sp³-hybridized carbons (Fsp3) is 0. The van der Waals surface area contributed by atoms with Crippen LogP contribution in [0.3, 0.4) is 0 Å². The van der Waals surface area contributed by atoms with Gasteiger partial charge in [-0.25, -0.2) is 9.47 Å². The number of para-hydroxylation sites is 1. The third-order valence-electron chi connectivity index (χ3n) is 1.94. The van der Waals surface area contributed by atoms with E-state index in [1.807, 2.05) is 0 Å². The smallest absolute Gasteiger partial charge is 0.324 e. The van der Waals surface area contributed by atoms with Gasteiger partial charge in [-0.1, -0.05) is 18.2 Å². The second-order valence-corrected chi connectivity index (χ2v) is 2.87. The van der Waals surface area contributed by atoms with Crippen molar-refractivity contribution < 1.29 is 5.03 Å². The zero-order valence-corrected chi connectivity index (χ0v) is 7.53. The molecule has 6 nitrogen and oxygen atoms in total. The number of nitrogens with zero attached hydrogens (tertiary/aromatic N) is 3. The Morgan fingerprint density at radius 2 is 1.93 bits per heavy atom. The van der Waals surface area contributed by atoms with Crippen molar-refractivity contribution in [2.75, 3.05) is 0 Å². The average molecular weight is 204 g/mol. The predicted molar refractivity (Wildman–Crippen MR) is 54.0 cm³/mol. The minimum atomic E-state index is -0.895. The fourth-order valence-corrected chi connectivity index (χ4v) is 1.34. The lowest BCUT2D eigenvalue weighted by Gasteiger charge is -2.14. The summed E-state index contributed by atoms with van der Waals surface area (Å²) in [6.45, 7) is 0. The number of benzene rings is 1. The first-order valence-electron chi connectivity index (χ1n) is 4.15. The SMILES string of the molecule is O=c1ccc2ccccc2n1[N-][N+](=O)[O-]. The quantitative estimate of drug-likeness (QED) is 0.546. The van der Waals surface area contributed by atoms with Gasteiger partial charge < -0.3 is 10.1 Å². The van der Waals surface area contributed by atoms with Crippen molar-refractivity contribution in [3.8, 4) is 0 Å². The molecular weight excluding hydrogens is 198 g/mol. The first kappa shape index (κ1) is 9.20. The predicted octanol–water partition coefficient (Wildman–Crippen LogP) is 1.33. The van der Waals surface area contributed by atoms with Crippen LogP contribution in [0, 0.1) is 10.1 Å². The van der Waals surface area contributed by atoms with Crippen LogP contribution in [-0.4, -0.2) is 9.71 Å². The van der Waals surface area contributed by atoms with Crippen LogP contribution < -0.4 is 5.56 Å². The number of rotatable bonds is 2. The summed E-state index contributed by atoms with van der Waals surface area (Å²) < 4.78 is 0.773. The zero-order valence-electron chi connectivity index (χ0n) is 7.53. The van der Waals surface area contributed by atoms with Gasteiger partial charge in [0.2, 0.25) is 0 Å². The van der Waals surface area contributed by atoms with Crippen LogP contribution in [-0.2, 0) is 0 Å². The molecule has 76 valence electrons. The summed E-state index contributed by atoms with van der Waals surface area (Å²) in [6.07, 6.45) is 0. The molecule has 0 bridgehead atoms.